The van der Waals surface area contributed by atoms with Crippen molar-refractivity contribution in [2.75, 3.05) is 5.32 Å². The fraction of sp³-hybridized carbons (Fsp3) is 0.250. The molecule has 157 valence electrons. The number of benzene rings is 1. The monoisotopic (exact) mass is 432 g/mol. The molecular formula is C24H23ClN5O. The van der Waals surface area contributed by atoms with Crippen molar-refractivity contribution in [2.45, 2.75) is 33.2 Å². The summed E-state index contributed by atoms with van der Waals surface area (Å²) in [5, 5.41) is 8.76. The maximum absolute atomic E-state index is 12.7. The van der Waals surface area contributed by atoms with Gasteiger partial charge in [0, 0.05) is 24.5 Å². The zero-order valence-electron chi connectivity index (χ0n) is 17.5. The van der Waals surface area contributed by atoms with Gasteiger partial charge >= 0.3 is 0 Å². The highest BCUT2D eigenvalue weighted by Gasteiger charge is 2.18. The molecule has 4 aromatic rings. The third-order valence-electron chi connectivity index (χ3n) is 4.97. The van der Waals surface area contributed by atoms with Crippen molar-refractivity contribution >= 4 is 34.4 Å². The molecule has 4 rings (SSSR count). The van der Waals surface area contributed by atoms with Gasteiger partial charge in [-0.2, -0.15) is 5.10 Å². The molecule has 0 aliphatic carbocycles. The standard InChI is InChI=1S/C24H23ClN5O/c1-16(2)8-7-13-30-23-19(14-20(25)21(27-23)17-9-4-3-5-10-17)22(29-30)28-24(31)18-11-6-12-26-15-18/h4-6,9-12,14-16H,7-8,13H2,1-2H3,(H,28,29,31). The van der Waals surface area contributed by atoms with Crippen LogP contribution in [-0.2, 0) is 6.54 Å². The summed E-state index contributed by atoms with van der Waals surface area (Å²) < 4.78 is 1.85. The smallest absolute Gasteiger partial charge is 0.258 e. The van der Waals surface area contributed by atoms with Crippen LogP contribution in [0, 0.1) is 12.0 Å². The Balaban J connectivity index is 1.75. The van der Waals surface area contributed by atoms with Gasteiger partial charge in [-0.15, -0.1) is 0 Å². The quantitative estimate of drug-likeness (QED) is 0.410. The minimum absolute atomic E-state index is 0.277. The summed E-state index contributed by atoms with van der Waals surface area (Å²) in [6.07, 6.45) is 5.19. The molecule has 0 saturated carbocycles. The van der Waals surface area contributed by atoms with Crippen molar-refractivity contribution in [3.8, 4) is 11.3 Å². The summed E-state index contributed by atoms with van der Waals surface area (Å²) in [7, 11) is 0. The van der Waals surface area contributed by atoms with E-state index < -0.39 is 0 Å². The molecule has 31 heavy (non-hydrogen) atoms. The number of hydrogen-bond donors (Lipinski definition) is 1. The Morgan fingerprint density at radius 1 is 1.26 bits per heavy atom. The van der Waals surface area contributed by atoms with Gasteiger partial charge in [0.05, 0.1) is 21.7 Å². The lowest BCUT2D eigenvalue weighted by Crippen LogP contribution is -2.13. The van der Waals surface area contributed by atoms with Gasteiger partial charge in [0.15, 0.2) is 11.5 Å². The highest BCUT2D eigenvalue weighted by molar-refractivity contribution is 6.34. The van der Waals surface area contributed by atoms with Gasteiger partial charge in [-0.3, -0.25) is 9.78 Å². The first-order chi connectivity index (χ1) is 15.0. The molecule has 1 N–H and O–H groups in total. The molecule has 1 amide bonds. The predicted octanol–water partition coefficient (Wildman–Crippen LogP) is 5.64. The number of nitrogens with zero attached hydrogens (tertiary/aromatic N) is 4. The number of halogens is 1. The average molecular weight is 433 g/mol. The second kappa shape index (κ2) is 9.27. The van der Waals surface area contributed by atoms with E-state index in [1.165, 1.54) is 6.20 Å². The molecule has 7 heteroatoms. The third-order valence-corrected chi connectivity index (χ3v) is 5.26. The van der Waals surface area contributed by atoms with E-state index in [-0.39, 0.29) is 5.91 Å². The molecule has 3 heterocycles. The van der Waals surface area contributed by atoms with Gasteiger partial charge < -0.3 is 5.32 Å². The van der Waals surface area contributed by atoms with Crippen molar-refractivity contribution < 1.29 is 4.79 Å². The lowest BCUT2D eigenvalue weighted by molar-refractivity contribution is 0.102. The number of fused-ring (bicyclic) bond motifs is 1. The van der Waals surface area contributed by atoms with Crippen LogP contribution in [0.2, 0.25) is 5.02 Å². The van der Waals surface area contributed by atoms with Crippen molar-refractivity contribution in [3.63, 3.8) is 0 Å². The first kappa shape index (κ1) is 21.0. The van der Waals surface area contributed by atoms with Gasteiger partial charge in [0.1, 0.15) is 0 Å². The topological polar surface area (TPSA) is 72.7 Å². The van der Waals surface area contributed by atoms with Crippen LogP contribution >= 0.6 is 11.6 Å². The van der Waals surface area contributed by atoms with Gasteiger partial charge in [-0.1, -0.05) is 49.7 Å². The van der Waals surface area contributed by atoms with E-state index in [1.807, 2.05) is 35.0 Å². The van der Waals surface area contributed by atoms with Crippen LogP contribution in [0.5, 0.6) is 0 Å². The third kappa shape index (κ3) is 4.75. The minimum Gasteiger partial charge on any atom is -0.304 e. The SMILES string of the molecule is CC(C)CCCn1nc(NC(=O)c2cccnc2)c2cc(Cl)c(-c3cc[c]cc3)nc21. The Morgan fingerprint density at radius 3 is 2.77 bits per heavy atom. The number of nitrogens with one attached hydrogen (secondary N) is 1. The largest absolute Gasteiger partial charge is 0.304 e. The number of anilines is 1. The van der Waals surface area contributed by atoms with E-state index >= 15 is 0 Å². The fourth-order valence-electron chi connectivity index (χ4n) is 3.39. The Labute approximate surface area is 186 Å². The number of rotatable bonds is 7. The highest BCUT2D eigenvalue weighted by atomic mass is 35.5. The number of hydrogen-bond acceptors (Lipinski definition) is 4. The first-order valence-electron chi connectivity index (χ1n) is 10.3. The van der Waals surface area contributed by atoms with Gasteiger partial charge in [0.2, 0.25) is 0 Å². The van der Waals surface area contributed by atoms with Crippen LogP contribution in [0.25, 0.3) is 22.3 Å². The number of carbonyl (C=O) groups is 1. The highest BCUT2D eigenvalue weighted by Crippen LogP contribution is 2.32. The van der Waals surface area contributed by atoms with E-state index in [4.69, 9.17) is 16.6 Å². The lowest BCUT2D eigenvalue weighted by atomic mass is 10.1. The molecule has 1 radical (unpaired) electrons. The van der Waals surface area contributed by atoms with Crippen LogP contribution in [-0.4, -0.2) is 25.7 Å². The first-order valence-corrected chi connectivity index (χ1v) is 10.7. The summed E-state index contributed by atoms with van der Waals surface area (Å²) in [4.78, 5) is 21.5. The Kier molecular flexibility index (Phi) is 6.28. The predicted molar refractivity (Wildman–Crippen MR) is 123 cm³/mol. The molecule has 0 unspecified atom stereocenters. The normalized spacial score (nSPS) is 11.2. The van der Waals surface area contributed by atoms with E-state index in [0.717, 1.165) is 18.4 Å². The van der Waals surface area contributed by atoms with Crippen molar-refractivity contribution in [3.05, 3.63) is 71.5 Å². The number of aryl methyl sites for hydroxylation is 1. The molecule has 0 fully saturated rings. The summed E-state index contributed by atoms with van der Waals surface area (Å²) in [6.45, 7) is 5.10. The fourth-order valence-corrected chi connectivity index (χ4v) is 3.65. The van der Waals surface area contributed by atoms with E-state index in [9.17, 15) is 4.79 Å². The molecule has 6 nitrogen and oxygen atoms in total. The maximum atomic E-state index is 12.7. The van der Waals surface area contributed by atoms with Gasteiger partial charge in [-0.05, 0) is 43.0 Å². The molecule has 0 saturated heterocycles. The zero-order valence-corrected chi connectivity index (χ0v) is 18.2. The van der Waals surface area contributed by atoms with E-state index in [0.29, 0.717) is 45.6 Å². The second-order valence-electron chi connectivity index (χ2n) is 7.78. The van der Waals surface area contributed by atoms with Crippen LogP contribution in [0.15, 0.2) is 54.9 Å². The Bertz CT molecular complexity index is 1190. The number of pyridine rings is 2. The zero-order chi connectivity index (χ0) is 21.8. The minimum atomic E-state index is -0.277. The summed E-state index contributed by atoms with van der Waals surface area (Å²) in [5.41, 5.74) is 2.73. The molecule has 0 atom stereocenters. The summed E-state index contributed by atoms with van der Waals surface area (Å²) in [6, 6.07) is 15.8. The molecule has 0 bridgehead atoms. The number of amides is 1. The van der Waals surface area contributed by atoms with Gasteiger partial charge in [-0.25, -0.2) is 9.67 Å². The molecule has 0 aliphatic heterocycles. The van der Waals surface area contributed by atoms with Gasteiger partial charge in [0.25, 0.3) is 5.91 Å². The maximum Gasteiger partial charge on any atom is 0.258 e. The molecular weight excluding hydrogens is 410 g/mol. The van der Waals surface area contributed by atoms with Crippen LogP contribution in [0.1, 0.15) is 37.0 Å². The van der Waals surface area contributed by atoms with Crippen molar-refractivity contribution in [1.29, 1.82) is 0 Å². The van der Waals surface area contributed by atoms with Crippen molar-refractivity contribution in [1.82, 2.24) is 19.7 Å². The van der Waals surface area contributed by atoms with Crippen LogP contribution in [0.4, 0.5) is 5.82 Å². The van der Waals surface area contributed by atoms with E-state index in [2.05, 4.69) is 35.3 Å². The van der Waals surface area contributed by atoms with Crippen LogP contribution < -0.4 is 5.32 Å². The molecule has 0 aliphatic rings. The Morgan fingerprint density at radius 2 is 2.06 bits per heavy atom. The summed E-state index contributed by atoms with van der Waals surface area (Å²) in [5.74, 6) is 0.765. The lowest BCUT2D eigenvalue weighted by Gasteiger charge is -2.07. The number of carbonyl (C=O) groups excluding carboxylic acids is 1. The summed E-state index contributed by atoms with van der Waals surface area (Å²) >= 11 is 6.59. The molecule has 3 aromatic heterocycles. The molecule has 0 spiro atoms. The average Bonchev–Trinajstić information content (AvgIpc) is 3.10. The number of aromatic nitrogens is 4. The molecule has 1 aromatic carbocycles. The second-order valence-corrected chi connectivity index (χ2v) is 8.19. The van der Waals surface area contributed by atoms with Crippen molar-refractivity contribution in [2.24, 2.45) is 5.92 Å². The van der Waals surface area contributed by atoms with Crippen LogP contribution in [0.3, 0.4) is 0 Å². The Hall–Kier alpha value is -3.25. The van der Waals surface area contributed by atoms with E-state index in [1.54, 1.807) is 18.3 Å².